The van der Waals surface area contributed by atoms with Gasteiger partial charge in [-0.1, -0.05) is 11.8 Å². The second-order valence-electron chi connectivity index (χ2n) is 5.31. The van der Waals surface area contributed by atoms with Gasteiger partial charge in [0.15, 0.2) is 0 Å². The van der Waals surface area contributed by atoms with E-state index in [4.69, 9.17) is 4.74 Å². The van der Waals surface area contributed by atoms with Gasteiger partial charge in [0.05, 0.1) is 5.56 Å². The highest BCUT2D eigenvalue weighted by molar-refractivity contribution is 5.67. The van der Waals surface area contributed by atoms with Crippen molar-refractivity contribution in [3.05, 3.63) is 18.0 Å². The zero-order valence-electron chi connectivity index (χ0n) is 13.0. The van der Waals surface area contributed by atoms with Gasteiger partial charge in [-0.2, -0.15) is 0 Å². The van der Waals surface area contributed by atoms with Crippen molar-refractivity contribution in [3.63, 3.8) is 0 Å². The summed E-state index contributed by atoms with van der Waals surface area (Å²) in [5, 5.41) is 5.66. The van der Waals surface area contributed by atoms with Gasteiger partial charge in [0.2, 0.25) is 5.95 Å². The van der Waals surface area contributed by atoms with E-state index in [1.807, 2.05) is 27.7 Å². The lowest BCUT2D eigenvalue weighted by Crippen LogP contribution is -2.32. The largest absolute Gasteiger partial charge is 0.444 e. The molecule has 114 valence electrons. The standard InChI is InChI=1S/C15H22N4O2/c1-5-16-13-18-10-12(11-19-13)8-6-7-9-17-14(20)21-15(2,3)4/h10-11H,5,7,9H2,1-4H3,(H,17,20)(H,16,18,19). The quantitative estimate of drug-likeness (QED) is 0.656. The predicted octanol–water partition coefficient (Wildman–Crippen LogP) is 2.17. The number of amides is 1. The molecule has 6 heteroatoms. The Morgan fingerprint density at radius 2 is 2.00 bits per heavy atom. The number of rotatable bonds is 4. The number of alkyl carbamates (subject to hydrolysis) is 1. The van der Waals surface area contributed by atoms with Crippen LogP contribution in [0, 0.1) is 11.8 Å². The second kappa shape index (κ2) is 8.10. The van der Waals surface area contributed by atoms with Crippen molar-refractivity contribution in [2.24, 2.45) is 0 Å². The average molecular weight is 290 g/mol. The first-order valence-corrected chi connectivity index (χ1v) is 6.92. The van der Waals surface area contributed by atoms with Crippen molar-refractivity contribution in [3.8, 4) is 11.8 Å². The molecule has 1 heterocycles. The van der Waals surface area contributed by atoms with E-state index in [1.165, 1.54) is 0 Å². The first-order valence-electron chi connectivity index (χ1n) is 6.92. The lowest BCUT2D eigenvalue weighted by molar-refractivity contribution is 0.0529. The van der Waals surface area contributed by atoms with Crippen LogP contribution >= 0.6 is 0 Å². The lowest BCUT2D eigenvalue weighted by Gasteiger charge is -2.19. The summed E-state index contributed by atoms with van der Waals surface area (Å²) in [5.41, 5.74) is 0.260. The van der Waals surface area contributed by atoms with Crippen LogP contribution in [0.5, 0.6) is 0 Å². The Balaban J connectivity index is 2.31. The van der Waals surface area contributed by atoms with Crippen molar-refractivity contribution in [2.45, 2.75) is 39.7 Å². The topological polar surface area (TPSA) is 76.1 Å². The van der Waals surface area contributed by atoms with Crippen molar-refractivity contribution < 1.29 is 9.53 Å². The molecule has 0 bridgehead atoms. The number of nitrogens with zero attached hydrogens (tertiary/aromatic N) is 2. The Morgan fingerprint density at radius 1 is 1.33 bits per heavy atom. The van der Waals surface area contributed by atoms with E-state index >= 15 is 0 Å². The van der Waals surface area contributed by atoms with E-state index in [1.54, 1.807) is 12.4 Å². The van der Waals surface area contributed by atoms with Crippen molar-refractivity contribution in [1.82, 2.24) is 15.3 Å². The summed E-state index contributed by atoms with van der Waals surface area (Å²) in [5.74, 6) is 6.48. The molecule has 1 rings (SSSR count). The number of aromatic nitrogens is 2. The maximum absolute atomic E-state index is 11.4. The Kier molecular flexibility index (Phi) is 6.47. The molecule has 2 N–H and O–H groups in total. The average Bonchev–Trinajstić information content (AvgIpc) is 2.38. The Morgan fingerprint density at radius 3 is 2.57 bits per heavy atom. The minimum absolute atomic E-state index is 0.428. The predicted molar refractivity (Wildman–Crippen MR) is 81.9 cm³/mol. The van der Waals surface area contributed by atoms with Gasteiger partial charge in [0.25, 0.3) is 0 Å². The minimum atomic E-state index is -0.485. The van der Waals surface area contributed by atoms with Crippen LogP contribution < -0.4 is 10.6 Å². The molecule has 0 atom stereocenters. The number of hydrogen-bond donors (Lipinski definition) is 2. The monoisotopic (exact) mass is 290 g/mol. The minimum Gasteiger partial charge on any atom is -0.444 e. The van der Waals surface area contributed by atoms with Crippen molar-refractivity contribution >= 4 is 12.0 Å². The maximum atomic E-state index is 11.4. The number of anilines is 1. The lowest BCUT2D eigenvalue weighted by atomic mass is 10.2. The number of nitrogens with one attached hydrogen (secondary N) is 2. The summed E-state index contributed by atoms with van der Waals surface area (Å²) in [6.07, 6.45) is 3.44. The van der Waals surface area contributed by atoms with Gasteiger partial charge >= 0.3 is 6.09 Å². The molecule has 1 aromatic rings. The third-order valence-electron chi connectivity index (χ3n) is 2.14. The number of hydrogen-bond acceptors (Lipinski definition) is 5. The van der Waals surface area contributed by atoms with Crippen LogP contribution in [0.1, 0.15) is 39.7 Å². The maximum Gasteiger partial charge on any atom is 0.407 e. The molecule has 0 saturated carbocycles. The van der Waals surface area contributed by atoms with Crippen LogP contribution in [0.15, 0.2) is 12.4 Å². The molecule has 21 heavy (non-hydrogen) atoms. The molecule has 0 spiro atoms. The van der Waals surface area contributed by atoms with Gasteiger partial charge in [0.1, 0.15) is 5.60 Å². The summed E-state index contributed by atoms with van der Waals surface area (Å²) in [6.45, 7) is 8.67. The summed E-state index contributed by atoms with van der Waals surface area (Å²) >= 11 is 0. The Labute approximate surface area is 125 Å². The number of ether oxygens (including phenoxy) is 1. The fraction of sp³-hybridized carbons (Fsp3) is 0.533. The highest BCUT2D eigenvalue weighted by Crippen LogP contribution is 2.06. The van der Waals surface area contributed by atoms with E-state index in [9.17, 15) is 4.79 Å². The molecule has 1 amide bonds. The normalized spacial score (nSPS) is 10.3. The summed E-state index contributed by atoms with van der Waals surface area (Å²) in [4.78, 5) is 19.6. The van der Waals surface area contributed by atoms with E-state index in [-0.39, 0.29) is 0 Å². The summed E-state index contributed by atoms with van der Waals surface area (Å²) in [7, 11) is 0. The first-order chi connectivity index (χ1) is 9.90. The van der Waals surface area contributed by atoms with Gasteiger partial charge < -0.3 is 15.4 Å². The highest BCUT2D eigenvalue weighted by Gasteiger charge is 2.15. The van der Waals surface area contributed by atoms with Crippen LogP contribution in [0.4, 0.5) is 10.7 Å². The zero-order chi connectivity index (χ0) is 15.7. The van der Waals surface area contributed by atoms with Crippen LogP contribution in [-0.2, 0) is 4.74 Å². The van der Waals surface area contributed by atoms with Crippen LogP contribution in [0.2, 0.25) is 0 Å². The van der Waals surface area contributed by atoms with E-state index in [0.29, 0.717) is 18.9 Å². The molecular weight excluding hydrogens is 268 g/mol. The number of carbonyl (C=O) groups excluding carboxylic acids is 1. The highest BCUT2D eigenvalue weighted by atomic mass is 16.6. The van der Waals surface area contributed by atoms with Gasteiger partial charge in [-0.25, -0.2) is 14.8 Å². The molecule has 0 unspecified atom stereocenters. The molecular formula is C15H22N4O2. The van der Waals surface area contributed by atoms with E-state index in [0.717, 1.165) is 12.1 Å². The zero-order valence-corrected chi connectivity index (χ0v) is 13.0. The summed E-state index contributed by atoms with van der Waals surface area (Å²) < 4.78 is 5.11. The molecule has 0 radical (unpaired) electrons. The van der Waals surface area contributed by atoms with Crippen LogP contribution in [-0.4, -0.2) is 34.8 Å². The molecule has 0 aliphatic carbocycles. The van der Waals surface area contributed by atoms with Crippen LogP contribution in [0.3, 0.4) is 0 Å². The van der Waals surface area contributed by atoms with Gasteiger partial charge in [-0.3, -0.25) is 0 Å². The van der Waals surface area contributed by atoms with Gasteiger partial charge in [-0.15, -0.1) is 0 Å². The van der Waals surface area contributed by atoms with E-state index < -0.39 is 11.7 Å². The molecule has 1 aromatic heterocycles. The molecule has 0 fully saturated rings. The smallest absolute Gasteiger partial charge is 0.407 e. The van der Waals surface area contributed by atoms with Crippen molar-refractivity contribution in [2.75, 3.05) is 18.4 Å². The SMILES string of the molecule is CCNc1ncc(C#CCCNC(=O)OC(C)(C)C)cn1. The molecule has 0 aliphatic heterocycles. The van der Waals surface area contributed by atoms with Gasteiger partial charge in [-0.05, 0) is 27.7 Å². The fourth-order valence-electron chi connectivity index (χ4n) is 1.35. The fourth-order valence-corrected chi connectivity index (χ4v) is 1.35. The molecule has 6 nitrogen and oxygen atoms in total. The van der Waals surface area contributed by atoms with Crippen LogP contribution in [0.25, 0.3) is 0 Å². The number of carbonyl (C=O) groups is 1. The second-order valence-corrected chi connectivity index (χ2v) is 5.31. The first kappa shape index (κ1) is 16.8. The third-order valence-corrected chi connectivity index (χ3v) is 2.14. The molecule has 0 aromatic carbocycles. The Hall–Kier alpha value is -2.29. The molecule has 0 aliphatic rings. The van der Waals surface area contributed by atoms with E-state index in [2.05, 4.69) is 32.4 Å². The van der Waals surface area contributed by atoms with Crippen molar-refractivity contribution in [1.29, 1.82) is 0 Å². The van der Waals surface area contributed by atoms with Gasteiger partial charge in [0, 0.05) is 31.9 Å². The summed E-state index contributed by atoms with van der Waals surface area (Å²) in [6, 6.07) is 0. The molecule has 0 saturated heterocycles. The Bertz CT molecular complexity index is 509. The third kappa shape index (κ3) is 7.78.